The summed E-state index contributed by atoms with van der Waals surface area (Å²) in [4.78, 5) is 17.1. The maximum absolute atomic E-state index is 12.7. The summed E-state index contributed by atoms with van der Waals surface area (Å²) in [5.41, 5.74) is 2.37. The lowest BCUT2D eigenvalue weighted by Gasteiger charge is -2.35. The van der Waals surface area contributed by atoms with Gasteiger partial charge in [-0.25, -0.2) is 4.79 Å². The number of amides is 1. The fraction of sp³-hybridized carbons (Fsp3) is 0.409. The van der Waals surface area contributed by atoms with E-state index in [1.54, 1.807) is 0 Å². The average molecular weight is 350 g/mol. The number of rotatable bonds is 4. The fourth-order valence-corrected chi connectivity index (χ4v) is 4.18. The molecule has 0 aromatic heterocycles. The van der Waals surface area contributed by atoms with Crippen LogP contribution >= 0.6 is 0 Å². The van der Waals surface area contributed by atoms with Gasteiger partial charge in [0.15, 0.2) is 0 Å². The number of carbonyl (C=O) groups is 1. The molecule has 5 rings (SSSR count). The second-order valence-electron chi connectivity index (χ2n) is 7.47. The SMILES string of the molecule is O=C(OCc1ccccc1)N1CC2CCC1CN(Cc1ccccc1)C2. The number of nitrogens with zero attached hydrogens (tertiary/aromatic N) is 2. The van der Waals surface area contributed by atoms with E-state index < -0.39 is 0 Å². The van der Waals surface area contributed by atoms with Gasteiger partial charge in [-0.05, 0) is 29.9 Å². The maximum atomic E-state index is 12.7. The van der Waals surface area contributed by atoms with Crippen molar-refractivity contribution in [1.29, 1.82) is 0 Å². The van der Waals surface area contributed by atoms with Crippen LogP contribution in [0.3, 0.4) is 0 Å². The van der Waals surface area contributed by atoms with Crippen molar-refractivity contribution in [2.75, 3.05) is 19.6 Å². The lowest BCUT2D eigenvalue weighted by molar-refractivity contribution is 0.0631. The fourth-order valence-electron chi connectivity index (χ4n) is 4.18. The Hall–Kier alpha value is -2.33. The van der Waals surface area contributed by atoms with Crippen LogP contribution in [0.4, 0.5) is 4.79 Å². The van der Waals surface area contributed by atoms with E-state index >= 15 is 0 Å². The number of carbonyl (C=O) groups excluding carboxylic acids is 1. The summed E-state index contributed by atoms with van der Waals surface area (Å²) in [6, 6.07) is 20.8. The van der Waals surface area contributed by atoms with Gasteiger partial charge in [-0.15, -0.1) is 0 Å². The van der Waals surface area contributed by atoms with Crippen LogP contribution in [0.1, 0.15) is 24.0 Å². The van der Waals surface area contributed by atoms with Gasteiger partial charge in [0.1, 0.15) is 6.61 Å². The topological polar surface area (TPSA) is 32.8 Å². The summed E-state index contributed by atoms with van der Waals surface area (Å²) in [5, 5.41) is 0. The minimum atomic E-state index is -0.162. The number of fused-ring (bicyclic) bond motifs is 4. The first-order valence-electron chi connectivity index (χ1n) is 9.51. The number of benzene rings is 2. The molecule has 0 N–H and O–H groups in total. The molecule has 0 spiro atoms. The molecule has 2 aromatic carbocycles. The van der Waals surface area contributed by atoms with Crippen LogP contribution in [-0.4, -0.2) is 41.6 Å². The van der Waals surface area contributed by atoms with Crippen molar-refractivity contribution in [2.24, 2.45) is 5.92 Å². The number of hydrogen-bond donors (Lipinski definition) is 0. The van der Waals surface area contributed by atoms with E-state index in [2.05, 4.69) is 35.2 Å². The third kappa shape index (κ3) is 4.07. The number of hydrogen-bond acceptors (Lipinski definition) is 3. The first kappa shape index (κ1) is 17.1. The minimum Gasteiger partial charge on any atom is -0.445 e. The molecule has 2 unspecified atom stereocenters. The van der Waals surface area contributed by atoms with Crippen molar-refractivity contribution in [3.8, 4) is 0 Å². The van der Waals surface area contributed by atoms with Gasteiger partial charge in [-0.2, -0.15) is 0 Å². The van der Waals surface area contributed by atoms with Crippen molar-refractivity contribution >= 4 is 6.09 Å². The molecule has 26 heavy (non-hydrogen) atoms. The predicted octanol–water partition coefficient (Wildman–Crippen LogP) is 3.92. The predicted molar refractivity (Wildman–Crippen MR) is 102 cm³/mol. The van der Waals surface area contributed by atoms with Crippen molar-refractivity contribution in [2.45, 2.75) is 32.0 Å². The second-order valence-corrected chi connectivity index (χ2v) is 7.47. The van der Waals surface area contributed by atoms with Crippen LogP contribution < -0.4 is 0 Å². The van der Waals surface area contributed by atoms with Gasteiger partial charge < -0.3 is 9.64 Å². The lowest BCUT2D eigenvalue weighted by Crippen LogP contribution is -2.47. The Morgan fingerprint density at radius 1 is 0.885 bits per heavy atom. The lowest BCUT2D eigenvalue weighted by atomic mass is 9.95. The quantitative estimate of drug-likeness (QED) is 0.838. The van der Waals surface area contributed by atoms with E-state index in [0.29, 0.717) is 12.5 Å². The first-order chi connectivity index (χ1) is 12.8. The van der Waals surface area contributed by atoms with Crippen LogP contribution in [0.15, 0.2) is 60.7 Å². The molecule has 0 aliphatic carbocycles. The molecule has 4 nitrogen and oxygen atoms in total. The molecule has 2 atom stereocenters. The molecular weight excluding hydrogens is 324 g/mol. The first-order valence-corrected chi connectivity index (χ1v) is 9.51. The summed E-state index contributed by atoms with van der Waals surface area (Å²) >= 11 is 0. The molecular formula is C22H26N2O2. The summed E-state index contributed by atoms with van der Waals surface area (Å²) < 4.78 is 5.60. The normalized spacial score (nSPS) is 22.8. The smallest absolute Gasteiger partial charge is 0.410 e. The Morgan fingerprint density at radius 3 is 2.31 bits per heavy atom. The Morgan fingerprint density at radius 2 is 1.58 bits per heavy atom. The van der Waals surface area contributed by atoms with E-state index in [9.17, 15) is 4.79 Å². The molecule has 136 valence electrons. The molecule has 3 saturated heterocycles. The standard InChI is InChI=1S/C22H26N2O2/c25-22(26-17-19-9-5-2-6-10-19)24-15-20-11-12-21(24)16-23(14-20)13-18-7-3-1-4-8-18/h1-10,20-21H,11-17H2. The maximum Gasteiger partial charge on any atom is 0.410 e. The van der Waals surface area contributed by atoms with Gasteiger partial charge in [0.2, 0.25) is 0 Å². The highest BCUT2D eigenvalue weighted by Gasteiger charge is 2.37. The Balaban J connectivity index is 1.37. The van der Waals surface area contributed by atoms with Crippen LogP contribution in [0.25, 0.3) is 0 Å². The third-order valence-electron chi connectivity index (χ3n) is 5.48. The van der Waals surface area contributed by atoms with Crippen molar-refractivity contribution < 1.29 is 9.53 Å². The minimum absolute atomic E-state index is 0.162. The number of ether oxygens (including phenoxy) is 1. The highest BCUT2D eigenvalue weighted by atomic mass is 16.6. The van der Waals surface area contributed by atoms with Crippen LogP contribution in [0.5, 0.6) is 0 Å². The molecule has 4 heteroatoms. The van der Waals surface area contributed by atoms with Crippen LogP contribution in [0.2, 0.25) is 0 Å². The molecule has 3 fully saturated rings. The van der Waals surface area contributed by atoms with Gasteiger partial charge in [0.25, 0.3) is 0 Å². The van der Waals surface area contributed by atoms with E-state index in [1.807, 2.05) is 35.2 Å². The van der Waals surface area contributed by atoms with E-state index in [-0.39, 0.29) is 12.1 Å². The molecule has 0 saturated carbocycles. The molecule has 2 bridgehead atoms. The summed E-state index contributed by atoms with van der Waals surface area (Å²) in [6.07, 6.45) is 2.12. The largest absolute Gasteiger partial charge is 0.445 e. The Kier molecular flexibility index (Phi) is 5.21. The van der Waals surface area contributed by atoms with Gasteiger partial charge in [-0.3, -0.25) is 4.90 Å². The highest BCUT2D eigenvalue weighted by molar-refractivity contribution is 5.68. The molecule has 3 aliphatic rings. The molecule has 3 aliphatic heterocycles. The van der Waals surface area contributed by atoms with Crippen molar-refractivity contribution in [1.82, 2.24) is 9.80 Å². The average Bonchev–Trinajstić information content (AvgIpc) is 2.98. The zero-order valence-electron chi connectivity index (χ0n) is 15.1. The zero-order chi connectivity index (χ0) is 17.8. The molecule has 1 amide bonds. The van der Waals surface area contributed by atoms with Gasteiger partial charge >= 0.3 is 6.09 Å². The third-order valence-corrected chi connectivity index (χ3v) is 5.48. The zero-order valence-corrected chi connectivity index (χ0v) is 15.1. The van der Waals surface area contributed by atoms with Crippen LogP contribution in [-0.2, 0) is 17.9 Å². The molecule has 2 aromatic rings. The molecule has 0 radical (unpaired) electrons. The molecule has 3 heterocycles. The van der Waals surface area contributed by atoms with Crippen molar-refractivity contribution in [3.05, 3.63) is 71.8 Å². The summed E-state index contributed by atoms with van der Waals surface area (Å²) in [6.45, 7) is 4.13. The van der Waals surface area contributed by atoms with Crippen LogP contribution in [0, 0.1) is 5.92 Å². The monoisotopic (exact) mass is 350 g/mol. The summed E-state index contributed by atoms with van der Waals surface area (Å²) in [7, 11) is 0. The van der Waals surface area contributed by atoms with E-state index in [0.717, 1.165) is 38.2 Å². The second kappa shape index (κ2) is 7.92. The van der Waals surface area contributed by atoms with Gasteiger partial charge in [0.05, 0.1) is 0 Å². The van der Waals surface area contributed by atoms with Crippen molar-refractivity contribution in [3.63, 3.8) is 0 Å². The van der Waals surface area contributed by atoms with Gasteiger partial charge in [-0.1, -0.05) is 60.7 Å². The van der Waals surface area contributed by atoms with E-state index in [1.165, 1.54) is 12.0 Å². The number of piperidine rings is 1. The highest BCUT2D eigenvalue weighted by Crippen LogP contribution is 2.29. The summed E-state index contributed by atoms with van der Waals surface area (Å²) in [5.74, 6) is 0.543. The Bertz CT molecular complexity index is 719. The van der Waals surface area contributed by atoms with E-state index in [4.69, 9.17) is 4.74 Å². The Labute approximate surface area is 155 Å². The van der Waals surface area contributed by atoms with Gasteiger partial charge in [0, 0.05) is 32.2 Å².